The van der Waals surface area contributed by atoms with Gasteiger partial charge in [-0.3, -0.25) is 9.69 Å². The summed E-state index contributed by atoms with van der Waals surface area (Å²) in [6.45, 7) is 5.30. The second kappa shape index (κ2) is 8.56. The molecular formula is C21H24N4O2. The first-order chi connectivity index (χ1) is 13.1. The summed E-state index contributed by atoms with van der Waals surface area (Å²) in [4.78, 5) is 17.1. The molecular weight excluding hydrogens is 340 g/mol. The van der Waals surface area contributed by atoms with E-state index < -0.39 is 0 Å². The largest absolute Gasteiger partial charge is 0.497 e. The van der Waals surface area contributed by atoms with E-state index in [9.17, 15) is 4.79 Å². The highest BCUT2D eigenvalue weighted by Gasteiger charge is 2.25. The number of anilines is 2. The lowest BCUT2D eigenvalue weighted by molar-refractivity contribution is -0.120. The number of nitriles is 1. The number of carbonyl (C=O) groups excluding carboxylic acids is 1. The van der Waals surface area contributed by atoms with Gasteiger partial charge >= 0.3 is 0 Å². The Morgan fingerprint density at radius 1 is 1.15 bits per heavy atom. The Morgan fingerprint density at radius 3 is 2.48 bits per heavy atom. The van der Waals surface area contributed by atoms with Crippen LogP contribution in [0.15, 0.2) is 48.5 Å². The monoisotopic (exact) mass is 364 g/mol. The van der Waals surface area contributed by atoms with E-state index >= 15 is 0 Å². The van der Waals surface area contributed by atoms with E-state index in [1.165, 1.54) is 5.69 Å². The van der Waals surface area contributed by atoms with Crippen LogP contribution in [-0.4, -0.2) is 50.1 Å². The molecule has 1 saturated heterocycles. The first-order valence-electron chi connectivity index (χ1n) is 9.05. The Bertz CT molecular complexity index is 821. The number of piperazine rings is 1. The maximum Gasteiger partial charge on any atom is 0.241 e. The molecule has 0 aromatic heterocycles. The molecule has 1 heterocycles. The van der Waals surface area contributed by atoms with Gasteiger partial charge in [0.25, 0.3) is 0 Å². The van der Waals surface area contributed by atoms with Crippen molar-refractivity contribution in [1.82, 2.24) is 4.90 Å². The lowest BCUT2D eigenvalue weighted by Gasteiger charge is -2.38. The molecule has 1 aliphatic heterocycles. The van der Waals surface area contributed by atoms with E-state index in [-0.39, 0.29) is 11.9 Å². The molecule has 0 unspecified atom stereocenters. The van der Waals surface area contributed by atoms with Gasteiger partial charge in [-0.15, -0.1) is 0 Å². The number of ether oxygens (including phenoxy) is 1. The summed E-state index contributed by atoms with van der Waals surface area (Å²) < 4.78 is 5.21. The van der Waals surface area contributed by atoms with Crippen molar-refractivity contribution in [2.75, 3.05) is 43.5 Å². The number of hydrogen-bond acceptors (Lipinski definition) is 5. The number of carbonyl (C=O) groups is 1. The van der Waals surface area contributed by atoms with Crippen LogP contribution in [0.3, 0.4) is 0 Å². The standard InChI is InChI=1S/C21H24N4O2/c1-16(21(26)23-18-5-3-4-17(14-18)15-22)24-10-12-25(13-11-24)19-6-8-20(27-2)9-7-19/h3-9,14,16H,10-13H2,1-2H3,(H,23,26)/t16-/m1/s1. The van der Waals surface area contributed by atoms with Crippen molar-refractivity contribution < 1.29 is 9.53 Å². The van der Waals surface area contributed by atoms with Crippen LogP contribution in [0.25, 0.3) is 0 Å². The zero-order valence-corrected chi connectivity index (χ0v) is 15.7. The average Bonchev–Trinajstić information content (AvgIpc) is 2.73. The fourth-order valence-corrected chi connectivity index (χ4v) is 3.24. The average molecular weight is 364 g/mol. The minimum absolute atomic E-state index is 0.0528. The molecule has 6 heteroatoms. The molecule has 27 heavy (non-hydrogen) atoms. The zero-order valence-electron chi connectivity index (χ0n) is 15.7. The highest BCUT2D eigenvalue weighted by atomic mass is 16.5. The van der Waals surface area contributed by atoms with Gasteiger partial charge in [0.05, 0.1) is 24.8 Å². The predicted octanol–water partition coefficient (Wildman–Crippen LogP) is 2.72. The van der Waals surface area contributed by atoms with Gasteiger partial charge in [0.2, 0.25) is 5.91 Å². The smallest absolute Gasteiger partial charge is 0.241 e. The lowest BCUT2D eigenvalue weighted by Crippen LogP contribution is -2.52. The number of amides is 1. The second-order valence-electron chi connectivity index (χ2n) is 6.58. The molecule has 2 aromatic rings. The van der Waals surface area contributed by atoms with Gasteiger partial charge in [-0.05, 0) is 49.4 Å². The lowest BCUT2D eigenvalue weighted by atomic mass is 10.1. The van der Waals surface area contributed by atoms with Gasteiger partial charge in [-0.25, -0.2) is 0 Å². The Morgan fingerprint density at radius 2 is 1.85 bits per heavy atom. The number of methoxy groups -OCH3 is 1. The third-order valence-electron chi connectivity index (χ3n) is 4.94. The fraction of sp³-hybridized carbons (Fsp3) is 0.333. The van der Waals surface area contributed by atoms with Crippen LogP contribution < -0.4 is 15.0 Å². The maximum atomic E-state index is 12.6. The zero-order chi connectivity index (χ0) is 19.2. The minimum Gasteiger partial charge on any atom is -0.497 e. The van der Waals surface area contributed by atoms with Crippen LogP contribution >= 0.6 is 0 Å². The topological polar surface area (TPSA) is 68.6 Å². The fourth-order valence-electron chi connectivity index (χ4n) is 3.24. The summed E-state index contributed by atoms with van der Waals surface area (Å²) in [5, 5.41) is 11.9. The van der Waals surface area contributed by atoms with Crippen molar-refractivity contribution in [2.45, 2.75) is 13.0 Å². The molecule has 1 aliphatic rings. The summed E-state index contributed by atoms with van der Waals surface area (Å²) >= 11 is 0. The maximum absolute atomic E-state index is 12.6. The molecule has 140 valence electrons. The van der Waals surface area contributed by atoms with Crippen LogP contribution in [0.1, 0.15) is 12.5 Å². The van der Waals surface area contributed by atoms with Crippen LogP contribution in [0.2, 0.25) is 0 Å². The Hall–Kier alpha value is -3.04. The third kappa shape index (κ3) is 4.57. The second-order valence-corrected chi connectivity index (χ2v) is 6.58. The van der Waals surface area contributed by atoms with Crippen LogP contribution in [-0.2, 0) is 4.79 Å². The van der Waals surface area contributed by atoms with E-state index in [0.29, 0.717) is 11.3 Å². The van der Waals surface area contributed by atoms with Gasteiger partial charge in [-0.1, -0.05) is 6.07 Å². The van der Waals surface area contributed by atoms with Crippen molar-refractivity contribution in [2.24, 2.45) is 0 Å². The Balaban J connectivity index is 1.54. The molecule has 0 spiro atoms. The highest BCUT2D eigenvalue weighted by molar-refractivity contribution is 5.94. The Kier molecular flexibility index (Phi) is 5.94. The minimum atomic E-state index is -0.228. The van der Waals surface area contributed by atoms with E-state index in [4.69, 9.17) is 10.00 Å². The first kappa shape index (κ1) is 18.7. The summed E-state index contributed by atoms with van der Waals surface area (Å²) in [7, 11) is 1.66. The first-order valence-corrected chi connectivity index (χ1v) is 9.05. The SMILES string of the molecule is COc1ccc(N2CCN([C@H](C)C(=O)Nc3cccc(C#N)c3)CC2)cc1. The van der Waals surface area contributed by atoms with Crippen LogP contribution in [0.5, 0.6) is 5.75 Å². The predicted molar refractivity (Wildman–Crippen MR) is 106 cm³/mol. The van der Waals surface area contributed by atoms with Crippen LogP contribution in [0.4, 0.5) is 11.4 Å². The summed E-state index contributed by atoms with van der Waals surface area (Å²) in [5.41, 5.74) is 2.36. The molecule has 0 bridgehead atoms. The van der Waals surface area contributed by atoms with E-state index in [2.05, 4.69) is 33.3 Å². The van der Waals surface area contributed by atoms with Crippen LogP contribution in [0, 0.1) is 11.3 Å². The van der Waals surface area contributed by atoms with Gasteiger partial charge in [-0.2, -0.15) is 5.26 Å². The molecule has 1 atom stereocenters. The summed E-state index contributed by atoms with van der Waals surface area (Å²) in [6.07, 6.45) is 0. The van der Waals surface area contributed by atoms with Crippen molar-refractivity contribution in [3.63, 3.8) is 0 Å². The molecule has 1 fully saturated rings. The molecule has 0 radical (unpaired) electrons. The van der Waals surface area contributed by atoms with E-state index in [0.717, 1.165) is 31.9 Å². The van der Waals surface area contributed by atoms with Gasteiger partial charge in [0.15, 0.2) is 0 Å². The van der Waals surface area contributed by atoms with Gasteiger partial charge < -0.3 is 15.0 Å². The summed E-state index contributed by atoms with van der Waals surface area (Å²) in [5.74, 6) is 0.797. The molecule has 0 aliphatic carbocycles. The van der Waals surface area contributed by atoms with E-state index in [1.54, 1.807) is 31.4 Å². The number of benzene rings is 2. The van der Waals surface area contributed by atoms with Crippen molar-refractivity contribution >= 4 is 17.3 Å². The molecule has 6 nitrogen and oxygen atoms in total. The van der Waals surface area contributed by atoms with E-state index in [1.807, 2.05) is 19.1 Å². The summed E-state index contributed by atoms with van der Waals surface area (Å²) in [6, 6.07) is 16.9. The highest BCUT2D eigenvalue weighted by Crippen LogP contribution is 2.21. The molecule has 1 amide bonds. The normalized spacial score (nSPS) is 15.7. The van der Waals surface area contributed by atoms with Crippen molar-refractivity contribution in [1.29, 1.82) is 5.26 Å². The van der Waals surface area contributed by atoms with Crippen molar-refractivity contribution in [3.05, 3.63) is 54.1 Å². The quantitative estimate of drug-likeness (QED) is 0.883. The Labute approximate surface area is 160 Å². The van der Waals surface area contributed by atoms with Gasteiger partial charge in [0.1, 0.15) is 5.75 Å². The molecule has 2 aromatic carbocycles. The number of nitrogens with zero attached hydrogens (tertiary/aromatic N) is 3. The van der Waals surface area contributed by atoms with Crippen molar-refractivity contribution in [3.8, 4) is 11.8 Å². The van der Waals surface area contributed by atoms with Gasteiger partial charge in [0, 0.05) is 37.6 Å². The number of rotatable bonds is 5. The molecule has 0 saturated carbocycles. The third-order valence-corrected chi connectivity index (χ3v) is 4.94. The number of nitrogens with one attached hydrogen (secondary N) is 1. The number of hydrogen-bond donors (Lipinski definition) is 1. The molecule has 3 rings (SSSR count). The molecule has 1 N–H and O–H groups in total.